The molecule has 3 saturated heterocycles. The molecule has 0 aromatic carbocycles. The van der Waals surface area contributed by atoms with Crippen LogP contribution in [0.15, 0.2) is 35.6 Å². The molecule has 3 aliphatic heterocycles. The number of amides is 1. The number of hydroxylamine groups is 1. The molecule has 5 aliphatic rings. The summed E-state index contributed by atoms with van der Waals surface area (Å²) < 4.78 is 42.6. The molecule has 1 amide bonds. The molecule has 16 nitrogen and oxygen atoms in total. The van der Waals surface area contributed by atoms with E-state index in [9.17, 15) is 24.9 Å². The summed E-state index contributed by atoms with van der Waals surface area (Å²) in [4.78, 5) is 32.5. The first-order chi connectivity index (χ1) is 27.8. The lowest BCUT2D eigenvalue weighted by molar-refractivity contribution is -0.337. The summed E-state index contributed by atoms with van der Waals surface area (Å²) in [6.07, 6.45) is -0.909. The molecule has 1 unspecified atom stereocenters. The van der Waals surface area contributed by atoms with Crippen LogP contribution in [0.3, 0.4) is 0 Å². The Hall–Kier alpha value is -1.36. The summed E-state index contributed by atoms with van der Waals surface area (Å²) in [5.41, 5.74) is 1.26. The smallest absolute Gasteiger partial charge is 0.411 e. The number of thiol groups is 1. The van der Waals surface area contributed by atoms with Crippen LogP contribution in [-0.4, -0.2) is 151 Å². The van der Waals surface area contributed by atoms with Gasteiger partial charge in [0.1, 0.15) is 23.9 Å². The van der Waals surface area contributed by atoms with Crippen molar-refractivity contribution in [1.29, 1.82) is 0 Å². The molecule has 0 spiro atoms. The standard InChI is InChI=1S/C38H57N3O13S4/c1-7-39-23-19-49-28(17-27(23)47-4)53-34-33(44)31(41-54-29-16-24(42)35(55)21(3)50-29)20(2)51-36(34)52-26-12-10-8-9-11-14-38(46)18-25(43)32(40-37(45)48-5)30(26)22(38)13-15-57-58-56-6/h8-10,12,20-24,26-29,31,33-36,39,41-42,44,46,55H,7,13,15-19H2,1-6H3,(H,40,45)/b9-8-,12-10?/t20-,21-,22?,23+,24+,26+,27+,28+,29+,31-,33+,34-,35-,36+,38+/m1/s1. The molecule has 3 heterocycles. The normalized spacial score (nSPS) is 39.7. The molecule has 20 heteroatoms. The Bertz CT molecular complexity index is 1540. The molecule has 0 saturated carbocycles. The number of rotatable bonds is 16. The summed E-state index contributed by atoms with van der Waals surface area (Å²) in [5.74, 6) is 4.98. The van der Waals surface area contributed by atoms with Crippen LogP contribution in [0.2, 0.25) is 0 Å². The van der Waals surface area contributed by atoms with Crippen molar-refractivity contribution in [3.63, 3.8) is 0 Å². The number of fused-ring (bicyclic) bond motifs is 2. The maximum atomic E-state index is 13.9. The van der Waals surface area contributed by atoms with E-state index in [0.717, 1.165) is 0 Å². The second kappa shape index (κ2) is 22.6. The quantitative estimate of drug-likeness (QED) is 0.0391. The Morgan fingerprint density at radius 3 is 2.62 bits per heavy atom. The molecule has 326 valence electrons. The van der Waals surface area contributed by atoms with Crippen LogP contribution in [0.1, 0.15) is 46.5 Å². The van der Waals surface area contributed by atoms with Crippen molar-refractivity contribution in [2.45, 2.75) is 131 Å². The minimum absolute atomic E-state index is 0.0831. The van der Waals surface area contributed by atoms with Crippen molar-refractivity contribution < 1.29 is 62.9 Å². The van der Waals surface area contributed by atoms with Gasteiger partial charge in [0.15, 0.2) is 24.7 Å². The summed E-state index contributed by atoms with van der Waals surface area (Å²) in [5, 5.41) is 40.4. The first kappa shape index (κ1) is 47.7. The number of ketones is 1. The largest absolute Gasteiger partial charge is 0.453 e. The zero-order valence-electron chi connectivity index (χ0n) is 33.4. The number of alkyl carbamates (subject to hydrolysis) is 1. The zero-order chi connectivity index (χ0) is 42.0. The molecule has 2 aliphatic carbocycles. The van der Waals surface area contributed by atoms with E-state index in [2.05, 4.69) is 40.6 Å². The number of aliphatic hydroxyl groups is 3. The molecule has 15 atom stereocenters. The second-order valence-electron chi connectivity index (χ2n) is 14.5. The molecular weight excluding hydrogens is 835 g/mol. The van der Waals surface area contributed by atoms with Gasteiger partial charge in [0.05, 0.1) is 67.6 Å². The highest BCUT2D eigenvalue weighted by atomic mass is 33.5. The van der Waals surface area contributed by atoms with Crippen molar-refractivity contribution >= 4 is 55.9 Å². The third-order valence-corrected chi connectivity index (χ3v) is 15.4. The van der Waals surface area contributed by atoms with Gasteiger partial charge in [-0.25, -0.2) is 4.79 Å². The Balaban J connectivity index is 1.50. The van der Waals surface area contributed by atoms with Gasteiger partial charge in [-0.2, -0.15) is 18.1 Å². The maximum Gasteiger partial charge on any atom is 0.411 e. The summed E-state index contributed by atoms with van der Waals surface area (Å²) in [6, 6.07) is -0.995. The van der Waals surface area contributed by atoms with Crippen molar-refractivity contribution in [3.05, 3.63) is 35.6 Å². The number of Topliss-reactive ketones (excluding diaryl/α,β-unsaturated/α-hetero) is 1. The van der Waals surface area contributed by atoms with Crippen molar-refractivity contribution in [2.75, 3.05) is 39.4 Å². The molecule has 0 aromatic rings. The van der Waals surface area contributed by atoms with Crippen LogP contribution < -0.4 is 16.1 Å². The first-order valence-electron chi connectivity index (χ1n) is 19.3. The number of nitrogens with one attached hydrogen (secondary N) is 3. The van der Waals surface area contributed by atoms with E-state index in [1.54, 1.807) is 76.7 Å². The summed E-state index contributed by atoms with van der Waals surface area (Å²) >= 11 is 4.43. The minimum atomic E-state index is -1.81. The van der Waals surface area contributed by atoms with Gasteiger partial charge in [0.2, 0.25) is 0 Å². The zero-order valence-corrected chi connectivity index (χ0v) is 36.8. The Labute approximate surface area is 357 Å². The van der Waals surface area contributed by atoms with E-state index < -0.39 is 90.2 Å². The Morgan fingerprint density at radius 1 is 1.12 bits per heavy atom. The number of hydrogen-bond acceptors (Lipinski definition) is 19. The molecule has 0 radical (unpaired) electrons. The van der Waals surface area contributed by atoms with Crippen LogP contribution in [0.4, 0.5) is 4.79 Å². The molecule has 6 N–H and O–H groups in total. The second-order valence-corrected chi connectivity index (χ2v) is 19.6. The van der Waals surface area contributed by atoms with Gasteiger partial charge in [-0.15, -0.1) is 0 Å². The summed E-state index contributed by atoms with van der Waals surface area (Å²) in [6.45, 7) is 6.46. The highest BCUT2D eigenvalue weighted by molar-refractivity contribution is 9.09. The third kappa shape index (κ3) is 12.0. The van der Waals surface area contributed by atoms with Crippen LogP contribution in [0.5, 0.6) is 0 Å². The topological polar surface area (TPSA) is 205 Å². The number of carbonyl (C=O) groups is 2. The Morgan fingerprint density at radius 2 is 1.91 bits per heavy atom. The molecule has 58 heavy (non-hydrogen) atoms. The van der Waals surface area contributed by atoms with Crippen molar-refractivity contribution in [3.8, 4) is 11.8 Å². The average molecular weight is 892 g/mol. The predicted octanol–water partition coefficient (Wildman–Crippen LogP) is 2.40. The fourth-order valence-electron chi connectivity index (χ4n) is 7.68. The molecule has 0 aromatic heterocycles. The number of likely N-dealkylation sites (N-methyl/N-ethyl adjacent to an activating group) is 1. The van der Waals surface area contributed by atoms with Crippen LogP contribution in [-0.2, 0) is 42.8 Å². The number of ether oxygens (including phenoxy) is 7. The van der Waals surface area contributed by atoms with Gasteiger partial charge in [0.25, 0.3) is 0 Å². The van der Waals surface area contributed by atoms with Gasteiger partial charge < -0.3 is 53.8 Å². The number of methoxy groups -OCH3 is 2. The SMILES string of the molecule is CCN[C@H]1CO[C@@H](O[C@H]2[C@H](O[C@H]3C=C/C=C\C#C[C@]4(O)CC(=O)C(NC(=O)OC)=C3C4CCSSSC)O[C@H](C)[C@@H](NO[C@H]3C[C@H](O)[C@H](S)[C@@H](C)O3)[C@@H]2O)C[C@@H]1OC. The van der Waals surface area contributed by atoms with E-state index in [1.807, 2.05) is 13.2 Å². The van der Waals surface area contributed by atoms with Crippen molar-refractivity contribution in [2.24, 2.45) is 5.92 Å². The van der Waals surface area contributed by atoms with Gasteiger partial charge >= 0.3 is 6.09 Å². The van der Waals surface area contributed by atoms with Crippen molar-refractivity contribution in [1.82, 2.24) is 16.1 Å². The van der Waals surface area contributed by atoms with E-state index in [1.165, 1.54) is 7.11 Å². The first-order valence-corrected chi connectivity index (χ1v) is 23.9. The monoisotopic (exact) mass is 891 g/mol. The average Bonchev–Trinajstić information content (AvgIpc) is 3.19. The summed E-state index contributed by atoms with van der Waals surface area (Å²) in [7, 11) is 7.54. The molecular formula is C38H57N3O13S4. The van der Waals surface area contributed by atoms with E-state index in [-0.39, 0.29) is 42.9 Å². The lowest BCUT2D eigenvalue weighted by atomic mass is 9.70. The molecule has 3 fully saturated rings. The number of carbonyl (C=O) groups excluding carboxylic acids is 2. The third-order valence-electron chi connectivity index (χ3n) is 10.7. The van der Waals surface area contributed by atoms with Gasteiger partial charge in [-0.05, 0) is 54.5 Å². The number of hydrogen-bond donors (Lipinski definition) is 7. The van der Waals surface area contributed by atoms with Crippen LogP contribution in [0, 0.1) is 17.8 Å². The van der Waals surface area contributed by atoms with E-state index in [4.69, 9.17) is 38.0 Å². The predicted molar refractivity (Wildman–Crippen MR) is 223 cm³/mol. The number of allylic oxidation sites excluding steroid dienone is 4. The number of aliphatic hydroxyl groups excluding tert-OH is 2. The fraction of sp³-hybridized carbons (Fsp3) is 0.737. The van der Waals surface area contributed by atoms with Crippen LogP contribution >= 0.6 is 44.0 Å². The highest BCUT2D eigenvalue weighted by Crippen LogP contribution is 2.44. The minimum Gasteiger partial charge on any atom is -0.453 e. The Kier molecular flexibility index (Phi) is 18.6. The van der Waals surface area contributed by atoms with Gasteiger partial charge in [0, 0.05) is 31.6 Å². The van der Waals surface area contributed by atoms with E-state index in [0.29, 0.717) is 25.1 Å². The lowest BCUT2D eigenvalue weighted by Gasteiger charge is -2.47. The van der Waals surface area contributed by atoms with Gasteiger partial charge in [-0.3, -0.25) is 14.9 Å². The fourth-order valence-corrected chi connectivity index (χ4v) is 10.6. The molecule has 2 bridgehead atoms. The van der Waals surface area contributed by atoms with Gasteiger partial charge in [-0.1, -0.05) is 58.6 Å². The molecule has 5 rings (SSSR count). The lowest BCUT2D eigenvalue weighted by Crippen LogP contribution is -2.65. The maximum absolute atomic E-state index is 13.9. The van der Waals surface area contributed by atoms with Crippen LogP contribution in [0.25, 0.3) is 0 Å². The van der Waals surface area contributed by atoms with E-state index >= 15 is 0 Å². The highest BCUT2D eigenvalue weighted by Gasteiger charge is 2.52.